The van der Waals surface area contributed by atoms with E-state index in [1.54, 1.807) is 0 Å². The Morgan fingerprint density at radius 1 is 1.03 bits per heavy atom. The Morgan fingerprint density at radius 3 is 2.29 bits per heavy atom. The van der Waals surface area contributed by atoms with Gasteiger partial charge in [-0.15, -0.1) is 0 Å². The SMILES string of the molecule is Cc1c(C(=O)Nc2ccc(F)cc2F)oc2c1/C(=N/NC(=O)C(F)(F)C(F)(F)C(F)(F)F)CCC2. The molecule has 3 rings (SSSR count). The summed E-state index contributed by atoms with van der Waals surface area (Å²) in [5.74, 6) is -19.1. The third kappa shape index (κ3) is 4.71. The Labute approximate surface area is 190 Å². The normalized spacial score (nSPS) is 15.7. The van der Waals surface area contributed by atoms with Crippen molar-refractivity contribution in [2.24, 2.45) is 5.10 Å². The summed E-state index contributed by atoms with van der Waals surface area (Å²) < 4.78 is 122. The van der Waals surface area contributed by atoms with E-state index in [1.165, 1.54) is 6.92 Å². The highest BCUT2D eigenvalue weighted by atomic mass is 19.4. The van der Waals surface area contributed by atoms with Crippen molar-refractivity contribution in [1.29, 1.82) is 0 Å². The van der Waals surface area contributed by atoms with Gasteiger partial charge in [0.25, 0.3) is 5.91 Å². The van der Waals surface area contributed by atoms with Gasteiger partial charge in [0.05, 0.1) is 11.4 Å². The number of hydrazone groups is 1. The highest BCUT2D eigenvalue weighted by Crippen LogP contribution is 2.46. The fourth-order valence-corrected chi connectivity index (χ4v) is 3.28. The zero-order chi connectivity index (χ0) is 26.3. The molecule has 0 aliphatic heterocycles. The molecule has 1 aliphatic rings. The number of halogens is 9. The van der Waals surface area contributed by atoms with Crippen LogP contribution in [0.2, 0.25) is 0 Å². The quantitative estimate of drug-likeness (QED) is 0.429. The van der Waals surface area contributed by atoms with Crippen LogP contribution in [0.3, 0.4) is 0 Å². The molecular formula is C20H14F9N3O3. The molecule has 0 unspecified atom stereocenters. The molecule has 0 spiro atoms. The van der Waals surface area contributed by atoms with Crippen molar-refractivity contribution in [3.63, 3.8) is 0 Å². The van der Waals surface area contributed by atoms with Crippen LogP contribution in [0.4, 0.5) is 45.2 Å². The lowest BCUT2D eigenvalue weighted by molar-refractivity contribution is -0.344. The summed E-state index contributed by atoms with van der Waals surface area (Å²) >= 11 is 0. The largest absolute Gasteiger partial charge is 0.460 e. The third-order valence-corrected chi connectivity index (χ3v) is 5.04. The number of hydrogen-bond donors (Lipinski definition) is 2. The number of amides is 2. The van der Waals surface area contributed by atoms with Crippen molar-refractivity contribution in [2.75, 3.05) is 5.32 Å². The summed E-state index contributed by atoms with van der Waals surface area (Å²) in [6.45, 7) is 1.31. The molecule has 190 valence electrons. The maximum absolute atomic E-state index is 13.8. The van der Waals surface area contributed by atoms with Crippen LogP contribution in [-0.2, 0) is 11.2 Å². The highest BCUT2D eigenvalue weighted by Gasteiger charge is 2.76. The van der Waals surface area contributed by atoms with Crippen molar-refractivity contribution in [2.45, 2.75) is 44.2 Å². The summed E-state index contributed by atoms with van der Waals surface area (Å²) in [5.41, 5.74) is 0.485. The molecule has 2 amide bonds. The first kappa shape index (κ1) is 26.1. The highest BCUT2D eigenvalue weighted by molar-refractivity contribution is 6.09. The van der Waals surface area contributed by atoms with Gasteiger partial charge in [0.2, 0.25) is 0 Å². The van der Waals surface area contributed by atoms with E-state index in [4.69, 9.17) is 4.42 Å². The lowest BCUT2D eigenvalue weighted by Crippen LogP contribution is -2.58. The van der Waals surface area contributed by atoms with Crippen LogP contribution in [0.1, 0.15) is 40.3 Å². The molecule has 2 aromatic rings. The minimum atomic E-state index is -6.70. The first-order valence-corrected chi connectivity index (χ1v) is 9.66. The molecule has 1 aromatic heterocycles. The van der Waals surface area contributed by atoms with Crippen LogP contribution in [0.5, 0.6) is 0 Å². The number of nitrogens with one attached hydrogen (secondary N) is 2. The molecule has 35 heavy (non-hydrogen) atoms. The van der Waals surface area contributed by atoms with E-state index < -0.39 is 41.5 Å². The number of benzene rings is 1. The van der Waals surface area contributed by atoms with Crippen molar-refractivity contribution in [3.8, 4) is 0 Å². The summed E-state index contributed by atoms with van der Waals surface area (Å²) in [5, 5.41) is 5.42. The van der Waals surface area contributed by atoms with Gasteiger partial charge in [-0.25, -0.2) is 14.2 Å². The van der Waals surface area contributed by atoms with E-state index in [0.717, 1.165) is 17.6 Å². The Kier molecular flexibility index (Phi) is 6.65. The molecule has 0 radical (unpaired) electrons. The summed E-state index contributed by atoms with van der Waals surface area (Å²) in [6, 6.07) is 2.34. The first-order valence-electron chi connectivity index (χ1n) is 9.66. The van der Waals surface area contributed by atoms with E-state index in [0.29, 0.717) is 6.07 Å². The van der Waals surface area contributed by atoms with E-state index >= 15 is 0 Å². The molecule has 0 bridgehead atoms. The molecular weight excluding hydrogens is 501 g/mol. The summed E-state index contributed by atoms with van der Waals surface area (Å²) in [4.78, 5) is 24.0. The second-order valence-corrected chi connectivity index (χ2v) is 7.43. The molecule has 0 fully saturated rings. The number of aryl methyl sites for hydroxylation is 1. The van der Waals surface area contributed by atoms with Gasteiger partial charge in [0, 0.05) is 23.6 Å². The van der Waals surface area contributed by atoms with Crippen molar-refractivity contribution in [1.82, 2.24) is 5.43 Å². The van der Waals surface area contributed by atoms with Crippen molar-refractivity contribution < 1.29 is 53.5 Å². The topological polar surface area (TPSA) is 83.7 Å². The maximum atomic E-state index is 13.8. The molecule has 1 heterocycles. The van der Waals surface area contributed by atoms with Crippen LogP contribution >= 0.6 is 0 Å². The van der Waals surface area contributed by atoms with Crippen LogP contribution < -0.4 is 10.7 Å². The number of fused-ring (bicyclic) bond motifs is 1. The first-order chi connectivity index (χ1) is 16.1. The molecule has 1 aromatic carbocycles. The lowest BCUT2D eigenvalue weighted by Gasteiger charge is -2.26. The third-order valence-electron chi connectivity index (χ3n) is 5.04. The summed E-state index contributed by atoms with van der Waals surface area (Å²) in [7, 11) is 0. The average Bonchev–Trinajstić information content (AvgIpc) is 3.10. The molecule has 0 atom stereocenters. The zero-order valence-electron chi connectivity index (χ0n) is 17.4. The van der Waals surface area contributed by atoms with Crippen LogP contribution in [0.15, 0.2) is 27.7 Å². The predicted molar refractivity (Wildman–Crippen MR) is 101 cm³/mol. The van der Waals surface area contributed by atoms with Crippen molar-refractivity contribution in [3.05, 3.63) is 52.5 Å². The van der Waals surface area contributed by atoms with E-state index in [-0.39, 0.29) is 53.3 Å². The standard InChI is InChI=1S/C20H14F9N3O3/c1-8-14-12(31-32-17(34)18(23,24)19(25,26)20(27,28)29)3-2-4-13(14)35-15(8)16(33)30-11-6-5-9(21)7-10(11)22/h5-7H,2-4H2,1H3,(H,30,33)(H,32,34)/b31-12+. The summed E-state index contributed by atoms with van der Waals surface area (Å²) in [6.07, 6.45) is -6.31. The monoisotopic (exact) mass is 515 g/mol. The van der Waals surface area contributed by atoms with Gasteiger partial charge in [0.15, 0.2) is 5.76 Å². The molecule has 1 aliphatic carbocycles. The molecule has 15 heteroatoms. The lowest BCUT2D eigenvalue weighted by atomic mass is 9.93. The predicted octanol–water partition coefficient (Wildman–Crippen LogP) is 5.11. The Bertz CT molecular complexity index is 1200. The number of anilines is 1. The number of nitrogens with zero attached hydrogens (tertiary/aromatic N) is 1. The average molecular weight is 515 g/mol. The number of furan rings is 1. The Balaban J connectivity index is 1.86. The van der Waals surface area contributed by atoms with Crippen LogP contribution in [0.25, 0.3) is 0 Å². The minimum Gasteiger partial charge on any atom is -0.455 e. The zero-order valence-corrected chi connectivity index (χ0v) is 17.4. The smallest absolute Gasteiger partial charge is 0.455 e. The van der Waals surface area contributed by atoms with Crippen LogP contribution in [0, 0.1) is 18.6 Å². The Morgan fingerprint density at radius 2 is 1.69 bits per heavy atom. The van der Waals surface area contributed by atoms with Gasteiger partial charge in [-0.3, -0.25) is 9.59 Å². The molecule has 0 saturated carbocycles. The maximum Gasteiger partial charge on any atom is 0.460 e. The number of carbonyl (C=O) groups excluding carboxylic acids is 2. The molecule has 6 nitrogen and oxygen atoms in total. The number of hydrogen-bond acceptors (Lipinski definition) is 4. The van der Waals surface area contributed by atoms with Crippen LogP contribution in [-0.4, -0.2) is 35.5 Å². The van der Waals surface area contributed by atoms with Gasteiger partial charge in [-0.2, -0.15) is 35.8 Å². The Hall–Kier alpha value is -3.52. The van der Waals surface area contributed by atoms with E-state index in [2.05, 4.69) is 10.4 Å². The fraction of sp³-hybridized carbons (Fsp3) is 0.350. The molecule has 2 N–H and O–H groups in total. The number of alkyl halides is 7. The van der Waals surface area contributed by atoms with Gasteiger partial charge >= 0.3 is 23.9 Å². The second kappa shape index (κ2) is 8.92. The minimum absolute atomic E-state index is 0.0344. The van der Waals surface area contributed by atoms with E-state index in [1.807, 2.05) is 0 Å². The second-order valence-electron chi connectivity index (χ2n) is 7.43. The number of carbonyl (C=O) groups is 2. The van der Waals surface area contributed by atoms with Gasteiger partial charge in [0.1, 0.15) is 17.4 Å². The van der Waals surface area contributed by atoms with Gasteiger partial charge < -0.3 is 9.73 Å². The van der Waals surface area contributed by atoms with Gasteiger partial charge in [-0.05, 0) is 31.9 Å². The fourth-order valence-electron chi connectivity index (χ4n) is 3.28. The molecule has 0 saturated heterocycles. The van der Waals surface area contributed by atoms with Crippen molar-refractivity contribution >= 4 is 23.2 Å². The van der Waals surface area contributed by atoms with E-state index in [9.17, 15) is 49.1 Å². The van der Waals surface area contributed by atoms with Gasteiger partial charge in [-0.1, -0.05) is 0 Å². The number of rotatable bonds is 5.